The Balaban J connectivity index is 0.00000320. The second-order valence-corrected chi connectivity index (χ2v) is 8.52. The molecule has 2 fully saturated rings. The van der Waals surface area contributed by atoms with Crippen LogP contribution in [0.2, 0.25) is 0 Å². The predicted octanol–water partition coefficient (Wildman–Crippen LogP) is 3.14. The highest BCUT2D eigenvalue weighted by Gasteiger charge is 2.24. The maximum atomic E-state index is 11.8. The number of aliphatic imine (C=N–C) groups is 1. The van der Waals surface area contributed by atoms with Crippen molar-refractivity contribution in [2.75, 3.05) is 56.2 Å². The smallest absolute Gasteiger partial charge is 0.409 e. The van der Waals surface area contributed by atoms with Crippen LogP contribution in [0.4, 0.5) is 10.5 Å². The van der Waals surface area contributed by atoms with Gasteiger partial charge in [-0.2, -0.15) is 11.8 Å². The van der Waals surface area contributed by atoms with Crippen molar-refractivity contribution in [3.8, 4) is 0 Å². The van der Waals surface area contributed by atoms with Gasteiger partial charge in [-0.25, -0.2) is 4.79 Å². The number of carbonyl (C=O) groups is 1. The number of amides is 1. The molecule has 0 bridgehead atoms. The maximum Gasteiger partial charge on any atom is 0.409 e. The molecule has 0 atom stereocenters. The van der Waals surface area contributed by atoms with Gasteiger partial charge in [0.2, 0.25) is 0 Å². The van der Waals surface area contributed by atoms with Gasteiger partial charge in [0.15, 0.2) is 5.96 Å². The zero-order valence-corrected chi connectivity index (χ0v) is 21.1. The Morgan fingerprint density at radius 3 is 2.43 bits per heavy atom. The highest BCUT2D eigenvalue weighted by atomic mass is 127. The zero-order chi connectivity index (χ0) is 20.5. The van der Waals surface area contributed by atoms with Crippen molar-refractivity contribution in [3.63, 3.8) is 0 Å². The summed E-state index contributed by atoms with van der Waals surface area (Å²) in [5.41, 5.74) is 2.55. The van der Waals surface area contributed by atoms with Gasteiger partial charge >= 0.3 is 6.09 Å². The Kier molecular flexibility index (Phi) is 10.9. The van der Waals surface area contributed by atoms with E-state index in [-0.39, 0.29) is 30.1 Å². The van der Waals surface area contributed by atoms with Gasteiger partial charge in [0.05, 0.1) is 6.61 Å². The molecule has 0 saturated carbocycles. The number of guanidine groups is 1. The van der Waals surface area contributed by atoms with Gasteiger partial charge in [-0.05, 0) is 37.5 Å². The molecule has 1 aromatic rings. The number of halogens is 1. The van der Waals surface area contributed by atoms with Crippen LogP contribution in [0.25, 0.3) is 0 Å². The molecule has 2 saturated heterocycles. The van der Waals surface area contributed by atoms with Gasteiger partial charge in [0.25, 0.3) is 0 Å². The van der Waals surface area contributed by atoms with E-state index in [1.165, 1.54) is 22.8 Å². The number of hydrogen-bond acceptors (Lipinski definition) is 5. The van der Waals surface area contributed by atoms with Crippen LogP contribution >= 0.6 is 35.7 Å². The highest BCUT2D eigenvalue weighted by molar-refractivity contribution is 14.0. The number of rotatable bonds is 5. The molecule has 3 rings (SSSR count). The van der Waals surface area contributed by atoms with Crippen molar-refractivity contribution in [2.45, 2.75) is 32.4 Å². The Bertz CT molecular complexity index is 674. The first kappa shape index (κ1) is 24.9. The summed E-state index contributed by atoms with van der Waals surface area (Å²) in [5, 5.41) is 6.88. The fourth-order valence-electron chi connectivity index (χ4n) is 3.64. The minimum absolute atomic E-state index is 0. The molecule has 7 nitrogen and oxygen atoms in total. The number of likely N-dealkylation sites (tertiary alicyclic amines) is 1. The Labute approximate surface area is 201 Å². The molecule has 1 amide bonds. The van der Waals surface area contributed by atoms with E-state index in [9.17, 15) is 4.79 Å². The van der Waals surface area contributed by atoms with Crippen LogP contribution in [0.3, 0.4) is 0 Å². The fourth-order valence-corrected chi connectivity index (χ4v) is 4.54. The van der Waals surface area contributed by atoms with E-state index < -0.39 is 0 Å². The minimum Gasteiger partial charge on any atom is -0.450 e. The molecule has 0 aromatic heterocycles. The molecule has 0 unspecified atom stereocenters. The van der Waals surface area contributed by atoms with Gasteiger partial charge in [0, 0.05) is 63.0 Å². The van der Waals surface area contributed by atoms with Crippen LogP contribution < -0.4 is 15.5 Å². The number of hydrogen-bond donors (Lipinski definition) is 2. The summed E-state index contributed by atoms with van der Waals surface area (Å²) in [6, 6.07) is 9.12. The van der Waals surface area contributed by atoms with E-state index in [0.717, 1.165) is 38.4 Å². The lowest BCUT2D eigenvalue weighted by atomic mass is 10.1. The third-order valence-corrected chi connectivity index (χ3v) is 6.30. The Hall–Kier alpha value is -1.36. The highest BCUT2D eigenvalue weighted by Crippen LogP contribution is 2.20. The van der Waals surface area contributed by atoms with Crippen LogP contribution in [-0.2, 0) is 11.3 Å². The molecule has 2 heterocycles. The van der Waals surface area contributed by atoms with Gasteiger partial charge < -0.3 is 25.2 Å². The number of ether oxygens (including phenoxy) is 1. The largest absolute Gasteiger partial charge is 0.450 e. The lowest BCUT2D eigenvalue weighted by Crippen LogP contribution is -2.49. The summed E-state index contributed by atoms with van der Waals surface area (Å²) in [6.07, 6.45) is 1.57. The molecule has 0 aliphatic carbocycles. The number of nitrogens with one attached hydrogen (secondary N) is 2. The summed E-state index contributed by atoms with van der Waals surface area (Å²) >= 11 is 2.03. The molecule has 168 valence electrons. The number of anilines is 1. The molecular formula is C21H34IN5O2S. The second kappa shape index (κ2) is 13.1. The van der Waals surface area contributed by atoms with E-state index in [4.69, 9.17) is 4.74 Å². The van der Waals surface area contributed by atoms with E-state index in [1.807, 2.05) is 18.7 Å². The van der Waals surface area contributed by atoms with Crippen molar-refractivity contribution < 1.29 is 9.53 Å². The summed E-state index contributed by atoms with van der Waals surface area (Å²) in [7, 11) is 1.79. The van der Waals surface area contributed by atoms with Crippen LogP contribution in [-0.4, -0.2) is 74.3 Å². The first-order valence-corrected chi connectivity index (χ1v) is 11.7. The SMILES string of the molecule is CCOC(=O)N1CCC(NC(=NC)NCc2ccc(N3CCSCC3)cc2)CC1.I. The van der Waals surface area contributed by atoms with Crippen molar-refractivity contribution in [2.24, 2.45) is 4.99 Å². The monoisotopic (exact) mass is 547 g/mol. The number of carbonyl (C=O) groups excluding carboxylic acids is 1. The molecule has 30 heavy (non-hydrogen) atoms. The first-order chi connectivity index (χ1) is 14.2. The molecule has 9 heteroatoms. The molecule has 2 aliphatic heterocycles. The standard InChI is InChI=1S/C21H33N5O2S.HI/c1-3-28-21(27)26-10-8-18(9-11-26)24-20(22-2)23-16-17-4-6-19(7-5-17)25-12-14-29-15-13-25;/h4-7,18H,3,8-16H2,1-2H3,(H2,22,23,24);1H. The molecular weight excluding hydrogens is 513 g/mol. The summed E-state index contributed by atoms with van der Waals surface area (Å²) in [4.78, 5) is 20.4. The number of nitrogens with zero attached hydrogens (tertiary/aromatic N) is 3. The van der Waals surface area contributed by atoms with Crippen molar-refractivity contribution in [1.82, 2.24) is 15.5 Å². The lowest BCUT2D eigenvalue weighted by molar-refractivity contribution is 0.0963. The van der Waals surface area contributed by atoms with Crippen LogP contribution in [0.1, 0.15) is 25.3 Å². The average molecular weight is 548 g/mol. The lowest BCUT2D eigenvalue weighted by Gasteiger charge is -2.32. The van der Waals surface area contributed by atoms with Crippen LogP contribution in [0, 0.1) is 0 Å². The van der Waals surface area contributed by atoms with Crippen molar-refractivity contribution in [1.29, 1.82) is 0 Å². The number of piperidine rings is 1. The van der Waals surface area contributed by atoms with E-state index in [0.29, 0.717) is 25.7 Å². The average Bonchev–Trinajstić information content (AvgIpc) is 2.78. The normalized spacial score (nSPS) is 17.9. The second-order valence-electron chi connectivity index (χ2n) is 7.30. The quantitative estimate of drug-likeness (QED) is 0.336. The van der Waals surface area contributed by atoms with E-state index >= 15 is 0 Å². The predicted molar refractivity (Wildman–Crippen MR) is 136 cm³/mol. The van der Waals surface area contributed by atoms with Gasteiger partial charge in [0.1, 0.15) is 0 Å². The summed E-state index contributed by atoms with van der Waals surface area (Å²) < 4.78 is 5.08. The molecule has 0 radical (unpaired) electrons. The Morgan fingerprint density at radius 2 is 1.83 bits per heavy atom. The van der Waals surface area contributed by atoms with Crippen molar-refractivity contribution in [3.05, 3.63) is 29.8 Å². The minimum atomic E-state index is -0.208. The third-order valence-electron chi connectivity index (χ3n) is 5.36. The van der Waals surface area contributed by atoms with E-state index in [2.05, 4.69) is 44.8 Å². The molecule has 0 spiro atoms. The topological polar surface area (TPSA) is 69.2 Å². The first-order valence-electron chi connectivity index (χ1n) is 10.5. The van der Waals surface area contributed by atoms with Crippen molar-refractivity contribution >= 4 is 53.5 Å². The molecule has 1 aromatic carbocycles. The number of benzene rings is 1. The summed E-state index contributed by atoms with van der Waals surface area (Å²) in [5.74, 6) is 3.23. The third kappa shape index (κ3) is 7.40. The maximum absolute atomic E-state index is 11.8. The molecule has 2 aliphatic rings. The molecule has 2 N–H and O–H groups in total. The van der Waals surface area contributed by atoms with Gasteiger partial charge in [-0.3, -0.25) is 4.99 Å². The number of thioether (sulfide) groups is 1. The van der Waals surface area contributed by atoms with Crippen LogP contribution in [0.5, 0.6) is 0 Å². The summed E-state index contributed by atoms with van der Waals surface area (Å²) in [6.45, 7) is 6.68. The zero-order valence-electron chi connectivity index (χ0n) is 17.9. The van der Waals surface area contributed by atoms with Crippen LogP contribution in [0.15, 0.2) is 29.3 Å². The fraction of sp³-hybridized carbons (Fsp3) is 0.619. The van der Waals surface area contributed by atoms with Gasteiger partial charge in [-0.15, -0.1) is 24.0 Å². The van der Waals surface area contributed by atoms with Gasteiger partial charge in [-0.1, -0.05) is 12.1 Å². The van der Waals surface area contributed by atoms with E-state index in [1.54, 1.807) is 11.9 Å². The Morgan fingerprint density at radius 1 is 1.17 bits per heavy atom.